The molecule has 0 bridgehead atoms. The summed E-state index contributed by atoms with van der Waals surface area (Å²) >= 11 is 0. The largest absolute Gasteiger partial charge is 0.480 e. The van der Waals surface area contributed by atoms with Gasteiger partial charge in [-0.1, -0.05) is 12.1 Å². The zero-order valence-electron chi connectivity index (χ0n) is 18.9. The van der Waals surface area contributed by atoms with Crippen LogP contribution in [-0.4, -0.2) is 113 Å². The van der Waals surface area contributed by atoms with Gasteiger partial charge in [0.1, 0.15) is 0 Å². The third-order valence-corrected chi connectivity index (χ3v) is 4.90. The summed E-state index contributed by atoms with van der Waals surface area (Å²) in [5, 5.41) is 41.7. The van der Waals surface area contributed by atoms with Crippen molar-refractivity contribution in [1.29, 1.82) is 0 Å². The maximum absolute atomic E-state index is 11.4. The van der Waals surface area contributed by atoms with Crippen LogP contribution in [0.5, 0.6) is 0 Å². The average molecular weight is 484 g/mol. The Hall–Kier alpha value is -3.26. The van der Waals surface area contributed by atoms with E-state index in [9.17, 15) is 24.3 Å². The summed E-state index contributed by atoms with van der Waals surface area (Å²) in [6.07, 6.45) is 0.406. The highest BCUT2D eigenvalue weighted by atomic mass is 16.4. The first kappa shape index (κ1) is 28.8. The lowest BCUT2D eigenvalue weighted by Crippen LogP contribution is -2.43. The molecule has 1 unspecified atom stereocenters. The molecule has 34 heavy (non-hydrogen) atoms. The Morgan fingerprint density at radius 2 is 1.29 bits per heavy atom. The van der Waals surface area contributed by atoms with E-state index in [0.29, 0.717) is 18.7 Å². The number of rotatable bonds is 19. The van der Waals surface area contributed by atoms with Crippen LogP contribution in [0, 0.1) is 0 Å². The van der Waals surface area contributed by atoms with Gasteiger partial charge in [0.15, 0.2) is 0 Å². The number of nitrogens with two attached hydrogens (primary N) is 1. The van der Waals surface area contributed by atoms with E-state index in [1.807, 2.05) is 0 Å². The van der Waals surface area contributed by atoms with Gasteiger partial charge in [-0.3, -0.25) is 34.3 Å². The standard InChI is InChI=1S/C21H33N5O8/c22-16-3-1-15(2-4-16)17(24-12-19(29)30)5-7-25(13-20(31)32)9-10-26(14-21(33)34)8-6-23-11-18(27)28/h1-4,17,23-24H,5-14,22H2,(H,27,28)(H,29,30)(H,31,32)(H,33,34). The number of nitrogens with zero attached hydrogens (tertiary/aromatic N) is 2. The van der Waals surface area contributed by atoms with Crippen LogP contribution >= 0.6 is 0 Å². The van der Waals surface area contributed by atoms with E-state index >= 15 is 0 Å². The molecule has 0 amide bonds. The van der Waals surface area contributed by atoms with Gasteiger partial charge < -0.3 is 31.5 Å². The van der Waals surface area contributed by atoms with Crippen LogP contribution in [0.1, 0.15) is 18.0 Å². The lowest BCUT2D eigenvalue weighted by molar-refractivity contribution is -0.140. The number of hydrogen-bond acceptors (Lipinski definition) is 9. The lowest BCUT2D eigenvalue weighted by Gasteiger charge is -2.27. The highest BCUT2D eigenvalue weighted by Crippen LogP contribution is 2.19. The zero-order chi connectivity index (χ0) is 25.5. The van der Waals surface area contributed by atoms with Crippen molar-refractivity contribution in [3.63, 3.8) is 0 Å². The molecule has 13 nitrogen and oxygen atoms in total. The van der Waals surface area contributed by atoms with Gasteiger partial charge in [-0.15, -0.1) is 0 Å². The number of nitrogen functional groups attached to an aromatic ring is 1. The summed E-state index contributed by atoms with van der Waals surface area (Å²) < 4.78 is 0. The van der Waals surface area contributed by atoms with Crippen LogP contribution in [0.15, 0.2) is 24.3 Å². The fourth-order valence-corrected chi connectivity index (χ4v) is 3.27. The predicted molar refractivity (Wildman–Crippen MR) is 123 cm³/mol. The maximum Gasteiger partial charge on any atom is 0.317 e. The summed E-state index contributed by atoms with van der Waals surface area (Å²) in [5.41, 5.74) is 7.09. The Bertz CT molecular complexity index is 805. The van der Waals surface area contributed by atoms with Gasteiger partial charge in [-0.25, -0.2) is 0 Å². The molecule has 13 heteroatoms. The topological polar surface area (TPSA) is 206 Å². The lowest BCUT2D eigenvalue weighted by atomic mass is 10.0. The molecule has 0 aromatic heterocycles. The molecule has 1 rings (SSSR count). The van der Waals surface area contributed by atoms with E-state index in [4.69, 9.17) is 21.1 Å². The third kappa shape index (κ3) is 13.3. The first-order valence-electron chi connectivity index (χ1n) is 10.7. The second-order valence-electron chi connectivity index (χ2n) is 7.69. The Labute approximate surface area is 197 Å². The highest BCUT2D eigenvalue weighted by Gasteiger charge is 2.18. The van der Waals surface area contributed by atoms with Crippen molar-refractivity contribution in [2.75, 3.05) is 64.6 Å². The Balaban J connectivity index is 2.76. The third-order valence-electron chi connectivity index (χ3n) is 4.90. The summed E-state index contributed by atoms with van der Waals surface area (Å²) in [6.45, 7) is 0.286. The van der Waals surface area contributed by atoms with E-state index in [0.717, 1.165) is 5.56 Å². The van der Waals surface area contributed by atoms with Gasteiger partial charge in [-0.05, 0) is 24.1 Å². The predicted octanol–water partition coefficient (Wildman–Crippen LogP) is -1.18. The molecule has 8 N–H and O–H groups in total. The average Bonchev–Trinajstić information content (AvgIpc) is 2.74. The van der Waals surface area contributed by atoms with E-state index in [2.05, 4.69) is 10.6 Å². The van der Waals surface area contributed by atoms with Crippen molar-refractivity contribution in [3.05, 3.63) is 29.8 Å². The van der Waals surface area contributed by atoms with Gasteiger partial charge in [0, 0.05) is 44.5 Å². The molecule has 1 aromatic carbocycles. The van der Waals surface area contributed by atoms with Crippen molar-refractivity contribution in [2.45, 2.75) is 12.5 Å². The van der Waals surface area contributed by atoms with Gasteiger partial charge in [0.2, 0.25) is 0 Å². The molecule has 0 aliphatic rings. The normalized spacial score (nSPS) is 12.1. The summed E-state index contributed by atoms with van der Waals surface area (Å²) in [4.78, 5) is 47.4. The second kappa shape index (κ2) is 15.6. The molecule has 0 aliphatic carbocycles. The van der Waals surface area contributed by atoms with Crippen molar-refractivity contribution < 1.29 is 39.6 Å². The fourth-order valence-electron chi connectivity index (χ4n) is 3.27. The molecule has 1 aromatic rings. The van der Waals surface area contributed by atoms with Crippen molar-refractivity contribution in [3.8, 4) is 0 Å². The molecule has 0 heterocycles. The Kier molecular flexibility index (Phi) is 13.2. The number of aliphatic carboxylic acids is 4. The molecule has 1 atom stereocenters. The van der Waals surface area contributed by atoms with Gasteiger partial charge in [0.05, 0.1) is 26.2 Å². The first-order chi connectivity index (χ1) is 16.1. The number of carbonyl (C=O) groups is 4. The van der Waals surface area contributed by atoms with Crippen LogP contribution in [0.2, 0.25) is 0 Å². The smallest absolute Gasteiger partial charge is 0.317 e. The number of carboxylic acids is 4. The van der Waals surface area contributed by atoms with E-state index in [1.54, 1.807) is 34.1 Å². The number of anilines is 1. The minimum absolute atomic E-state index is 0.248. The van der Waals surface area contributed by atoms with Crippen LogP contribution < -0.4 is 16.4 Å². The summed E-state index contributed by atoms with van der Waals surface area (Å²) in [7, 11) is 0. The zero-order valence-corrected chi connectivity index (χ0v) is 18.9. The van der Waals surface area contributed by atoms with Crippen LogP contribution in [0.4, 0.5) is 5.69 Å². The molecule has 0 radical (unpaired) electrons. The molecule has 0 saturated heterocycles. The Morgan fingerprint density at radius 1 is 0.765 bits per heavy atom. The quantitative estimate of drug-likeness (QED) is 0.0915. The second-order valence-corrected chi connectivity index (χ2v) is 7.69. The van der Waals surface area contributed by atoms with E-state index in [-0.39, 0.29) is 58.4 Å². The minimum atomic E-state index is -1.05. The van der Waals surface area contributed by atoms with Gasteiger partial charge >= 0.3 is 23.9 Å². The summed E-state index contributed by atoms with van der Waals surface area (Å²) in [6, 6.07) is 6.58. The molecule has 0 spiro atoms. The summed E-state index contributed by atoms with van der Waals surface area (Å²) in [5.74, 6) is -4.15. The number of nitrogens with one attached hydrogen (secondary N) is 2. The van der Waals surface area contributed by atoms with Crippen molar-refractivity contribution in [1.82, 2.24) is 20.4 Å². The van der Waals surface area contributed by atoms with Crippen molar-refractivity contribution in [2.24, 2.45) is 0 Å². The Morgan fingerprint density at radius 3 is 1.79 bits per heavy atom. The maximum atomic E-state index is 11.4. The minimum Gasteiger partial charge on any atom is -0.480 e. The molecular weight excluding hydrogens is 450 g/mol. The van der Waals surface area contributed by atoms with Crippen LogP contribution in [-0.2, 0) is 19.2 Å². The monoisotopic (exact) mass is 483 g/mol. The van der Waals surface area contributed by atoms with Gasteiger partial charge in [0.25, 0.3) is 0 Å². The van der Waals surface area contributed by atoms with Crippen LogP contribution in [0.3, 0.4) is 0 Å². The highest BCUT2D eigenvalue weighted by molar-refractivity contribution is 5.70. The molecule has 0 aliphatic heterocycles. The van der Waals surface area contributed by atoms with E-state index < -0.39 is 23.9 Å². The SMILES string of the molecule is Nc1ccc(C(CCN(CCN(CCNCC(=O)O)CC(=O)O)CC(=O)O)NCC(=O)O)cc1. The first-order valence-corrected chi connectivity index (χ1v) is 10.7. The molecule has 190 valence electrons. The molecular formula is C21H33N5O8. The molecule has 0 fully saturated rings. The fraction of sp³-hybridized carbons (Fsp3) is 0.524. The van der Waals surface area contributed by atoms with Gasteiger partial charge in [-0.2, -0.15) is 0 Å². The number of benzene rings is 1. The van der Waals surface area contributed by atoms with E-state index in [1.165, 1.54) is 0 Å². The number of carboxylic acid groups (broad SMARTS) is 4. The molecule has 0 saturated carbocycles. The van der Waals surface area contributed by atoms with Crippen molar-refractivity contribution >= 4 is 29.6 Å². The number of hydrogen-bond donors (Lipinski definition) is 7. The van der Waals surface area contributed by atoms with Crippen LogP contribution in [0.25, 0.3) is 0 Å².